The molecule has 10 nitrogen and oxygen atoms in total. The molecule has 2 aliphatic rings. The molecule has 2 aromatic carbocycles. The number of methoxy groups -OCH3 is 1. The van der Waals surface area contributed by atoms with Gasteiger partial charge in [0.2, 0.25) is 5.91 Å². The number of phenolic OH excluding ortho intramolecular Hbond substituents is 2. The molecule has 0 aromatic heterocycles. The van der Waals surface area contributed by atoms with Gasteiger partial charge >= 0.3 is 17.9 Å². The fourth-order valence-electron chi connectivity index (χ4n) is 5.18. The highest BCUT2D eigenvalue weighted by molar-refractivity contribution is 5.93. The quantitative estimate of drug-likeness (QED) is 0.230. The molecule has 44 heavy (non-hydrogen) atoms. The van der Waals surface area contributed by atoms with E-state index in [0.717, 1.165) is 11.1 Å². The first kappa shape index (κ1) is 36.2. The molecule has 1 amide bonds. The Bertz CT molecular complexity index is 1350. The van der Waals surface area contributed by atoms with Crippen LogP contribution in [0.25, 0.3) is 0 Å². The molecule has 4 atom stereocenters. The van der Waals surface area contributed by atoms with Gasteiger partial charge in [-0.1, -0.05) is 24.3 Å². The minimum Gasteiger partial charge on any atom is -0.508 e. The zero-order valence-corrected chi connectivity index (χ0v) is 26.5. The Kier molecular flexibility index (Phi) is 11.0. The van der Waals surface area contributed by atoms with E-state index in [1.54, 1.807) is 90.1 Å². The summed E-state index contributed by atoms with van der Waals surface area (Å²) in [6, 6.07) is 13.2. The maximum Gasteiger partial charge on any atom is 0.313 e. The van der Waals surface area contributed by atoms with Crippen LogP contribution in [0.4, 0.5) is 0 Å². The third kappa shape index (κ3) is 9.00. The molecule has 2 unspecified atom stereocenters. The van der Waals surface area contributed by atoms with Crippen molar-refractivity contribution in [2.24, 2.45) is 28.4 Å². The molecule has 4 rings (SSSR count). The number of nitrogens with two attached hydrogens (primary N) is 1. The van der Waals surface area contributed by atoms with Gasteiger partial charge in [-0.3, -0.25) is 19.2 Å². The lowest BCUT2D eigenvalue weighted by Gasteiger charge is -2.21. The minimum absolute atomic E-state index is 0. The molecule has 0 bridgehead atoms. The van der Waals surface area contributed by atoms with E-state index in [2.05, 4.69) is 0 Å². The van der Waals surface area contributed by atoms with E-state index in [1.807, 2.05) is 0 Å². The summed E-state index contributed by atoms with van der Waals surface area (Å²) < 4.78 is 15.6. The Morgan fingerprint density at radius 1 is 0.727 bits per heavy atom. The number of amides is 1. The first-order valence-corrected chi connectivity index (χ1v) is 14.2. The number of aromatic hydroxyl groups is 2. The van der Waals surface area contributed by atoms with Crippen LogP contribution in [-0.2, 0) is 46.2 Å². The van der Waals surface area contributed by atoms with Crippen LogP contribution in [-0.4, -0.2) is 60.8 Å². The predicted octanol–water partition coefficient (Wildman–Crippen LogP) is 3.84. The summed E-state index contributed by atoms with van der Waals surface area (Å²) in [6.45, 7) is 10.8. The molecule has 2 saturated carbocycles. The summed E-state index contributed by atoms with van der Waals surface area (Å²) in [7, 11) is 1.32. The number of ether oxygens (including phenoxy) is 3. The van der Waals surface area contributed by atoms with E-state index in [1.165, 1.54) is 7.11 Å². The maximum atomic E-state index is 12.2. The van der Waals surface area contributed by atoms with Crippen LogP contribution in [0.15, 0.2) is 48.5 Å². The van der Waals surface area contributed by atoms with Gasteiger partial charge in [0.05, 0.1) is 29.8 Å². The predicted molar refractivity (Wildman–Crippen MR) is 163 cm³/mol. The lowest BCUT2D eigenvalue weighted by Crippen LogP contribution is -2.33. The van der Waals surface area contributed by atoms with E-state index in [0.29, 0.717) is 25.7 Å². The number of primary amides is 1. The molecule has 4 N–H and O–H groups in total. The van der Waals surface area contributed by atoms with Gasteiger partial charge in [-0.2, -0.15) is 0 Å². The van der Waals surface area contributed by atoms with Crippen molar-refractivity contribution in [3.8, 4) is 11.5 Å². The Hall–Kier alpha value is -4.02. The second-order valence-electron chi connectivity index (χ2n) is 13.4. The smallest absolute Gasteiger partial charge is 0.313 e. The zero-order chi connectivity index (χ0) is 32.4. The molecule has 0 saturated heterocycles. The van der Waals surface area contributed by atoms with Crippen molar-refractivity contribution in [3.05, 3.63) is 59.7 Å². The summed E-state index contributed by atoms with van der Waals surface area (Å²) in [5, 5.41) is 18.6. The van der Waals surface area contributed by atoms with Crippen LogP contribution in [0, 0.1) is 22.7 Å². The molecule has 0 heterocycles. The van der Waals surface area contributed by atoms with Gasteiger partial charge in [0, 0.05) is 8.41 Å². The van der Waals surface area contributed by atoms with Crippen molar-refractivity contribution in [1.82, 2.24) is 0 Å². The number of phenols is 2. The minimum atomic E-state index is -0.862. The van der Waals surface area contributed by atoms with Crippen molar-refractivity contribution in [1.29, 1.82) is 0 Å². The number of rotatable bonds is 8. The van der Waals surface area contributed by atoms with E-state index in [9.17, 15) is 29.4 Å². The van der Waals surface area contributed by atoms with Crippen LogP contribution in [0.3, 0.4) is 0 Å². The normalized spacial score (nSPS) is 23.5. The van der Waals surface area contributed by atoms with Gasteiger partial charge in [-0.05, 0) is 103 Å². The Balaban J connectivity index is 0.000000300. The van der Waals surface area contributed by atoms with Gasteiger partial charge in [-0.25, -0.2) is 0 Å². The highest BCUT2D eigenvalue weighted by Crippen LogP contribution is 2.57. The van der Waals surface area contributed by atoms with Gasteiger partial charge < -0.3 is 30.2 Å². The fraction of sp³-hybridized carbons (Fsp3) is 0.515. The lowest BCUT2D eigenvalue weighted by molar-refractivity contribution is -0.161. The zero-order valence-electron chi connectivity index (χ0n) is 26.5. The van der Waals surface area contributed by atoms with Crippen LogP contribution in [0.5, 0.6) is 11.5 Å². The summed E-state index contributed by atoms with van der Waals surface area (Å²) in [5.74, 6) is -2.25. The Morgan fingerprint density at radius 3 is 1.41 bits per heavy atom. The number of hydrogen-bond donors (Lipinski definition) is 3. The average molecular weight is 609 g/mol. The average Bonchev–Trinajstić information content (AvgIpc) is 3.80. The molecule has 2 aliphatic carbocycles. The topological polar surface area (TPSA) is 162 Å². The van der Waals surface area contributed by atoms with E-state index < -0.39 is 45.7 Å². The molecule has 3 radical (unpaired) electrons. The van der Waals surface area contributed by atoms with Crippen molar-refractivity contribution < 1.29 is 43.6 Å². The highest BCUT2D eigenvalue weighted by atomic mass is 16.6. The van der Waals surface area contributed by atoms with Crippen molar-refractivity contribution in [2.45, 2.75) is 78.4 Å². The highest BCUT2D eigenvalue weighted by Gasteiger charge is 2.65. The number of carbonyl (C=O) groups is 4. The second-order valence-corrected chi connectivity index (χ2v) is 13.4. The fourth-order valence-corrected chi connectivity index (χ4v) is 5.18. The number of esters is 3. The Morgan fingerprint density at radius 2 is 1.07 bits per heavy atom. The van der Waals surface area contributed by atoms with E-state index >= 15 is 0 Å². The van der Waals surface area contributed by atoms with Crippen LogP contribution >= 0.6 is 0 Å². The molecule has 237 valence electrons. The molecule has 2 fully saturated rings. The Labute approximate surface area is 260 Å². The first-order valence-electron chi connectivity index (χ1n) is 14.2. The second kappa shape index (κ2) is 13.3. The standard InChI is InChI=1S/C17H22O5.C16H21NO4.B/c1-16(2,3)22-14(19)13-10-17(13,15(20)21-4)9-11-5-7-12(18)8-6-11;1-15(2,3)21-13(19)12-9-16(12,14(17)20)8-10-4-6-11(18)7-5-10;/h5-8,13,18H,9-10H2,1-4H3;4-7,12,18H,8-9H2,1-3H3,(H2,17,20);/t13?,17-;12?,16-;/m00./s1. The maximum absolute atomic E-state index is 12.2. The third-order valence-electron chi connectivity index (χ3n) is 7.53. The van der Waals surface area contributed by atoms with Crippen LogP contribution < -0.4 is 5.73 Å². The molecule has 11 heteroatoms. The lowest BCUT2D eigenvalue weighted by atomic mass is 9.93. The van der Waals surface area contributed by atoms with Crippen molar-refractivity contribution in [2.75, 3.05) is 7.11 Å². The third-order valence-corrected chi connectivity index (χ3v) is 7.53. The first-order chi connectivity index (χ1) is 19.8. The van der Waals surface area contributed by atoms with E-state index in [4.69, 9.17) is 19.9 Å². The van der Waals surface area contributed by atoms with Crippen LogP contribution in [0.2, 0.25) is 0 Å². The summed E-state index contributed by atoms with van der Waals surface area (Å²) in [6.07, 6.45) is 1.62. The summed E-state index contributed by atoms with van der Waals surface area (Å²) >= 11 is 0. The molecule has 0 spiro atoms. The van der Waals surface area contributed by atoms with Gasteiger partial charge in [-0.15, -0.1) is 0 Å². The molecule has 0 aliphatic heterocycles. The van der Waals surface area contributed by atoms with Gasteiger partial charge in [0.25, 0.3) is 0 Å². The van der Waals surface area contributed by atoms with Gasteiger partial charge in [0.15, 0.2) is 0 Å². The van der Waals surface area contributed by atoms with Crippen molar-refractivity contribution >= 4 is 32.2 Å². The number of hydrogen-bond acceptors (Lipinski definition) is 9. The largest absolute Gasteiger partial charge is 0.508 e. The number of benzene rings is 2. The SMILES string of the molecule is CC(C)(C)OC(=O)C1C[C@]1(Cc1ccc(O)cc1)C(N)=O.COC(=O)[C@@]1(Cc2ccc(O)cc2)CC1C(=O)OC(C)(C)C.[B]. The van der Waals surface area contributed by atoms with Crippen LogP contribution in [0.1, 0.15) is 65.5 Å². The number of carbonyl (C=O) groups excluding carboxylic acids is 4. The molecular weight excluding hydrogens is 565 g/mol. The molecular formula is C33H43BNO9. The van der Waals surface area contributed by atoms with Crippen molar-refractivity contribution in [3.63, 3.8) is 0 Å². The summed E-state index contributed by atoms with van der Waals surface area (Å²) in [4.78, 5) is 48.3. The van der Waals surface area contributed by atoms with E-state index in [-0.39, 0.29) is 31.9 Å². The molecule has 2 aromatic rings. The van der Waals surface area contributed by atoms with Gasteiger partial charge in [0.1, 0.15) is 22.7 Å². The monoisotopic (exact) mass is 608 g/mol. The summed E-state index contributed by atoms with van der Waals surface area (Å²) in [5.41, 5.74) is 4.36.